The summed E-state index contributed by atoms with van der Waals surface area (Å²) < 4.78 is 30.3. The molecule has 0 aromatic heterocycles. The van der Waals surface area contributed by atoms with Crippen LogP contribution in [-0.4, -0.2) is 42.5 Å². The second-order valence-corrected chi connectivity index (χ2v) is 4.09. The van der Waals surface area contributed by atoms with Gasteiger partial charge in [0.1, 0.15) is 0 Å². The Morgan fingerprint density at radius 2 is 2.00 bits per heavy atom. The Bertz CT molecular complexity index is 437. The first kappa shape index (κ1) is 13.9. The standard InChI is InChI=1S/C9H10O3S.Na.H/c1-3-8-4-5-9(7(2)6-8)13(10,11)12;;/h3-6H,1H2,2H3,(H,10,11,12);;. The molecule has 72 valence electrons. The van der Waals surface area contributed by atoms with Gasteiger partial charge in [0.2, 0.25) is 0 Å². The number of hydrogen-bond acceptors (Lipinski definition) is 2. The molecule has 0 bridgehead atoms. The van der Waals surface area contributed by atoms with Crippen LogP contribution in [0.2, 0.25) is 0 Å². The summed E-state index contributed by atoms with van der Waals surface area (Å²) in [5, 5.41) is 0. The molecule has 0 unspecified atom stereocenters. The van der Waals surface area contributed by atoms with Crippen molar-refractivity contribution in [2.75, 3.05) is 0 Å². The monoisotopic (exact) mass is 222 g/mol. The molecule has 1 N–H and O–H groups in total. The molecule has 1 aromatic carbocycles. The van der Waals surface area contributed by atoms with Crippen LogP contribution < -0.4 is 0 Å². The van der Waals surface area contributed by atoms with Crippen LogP contribution in [-0.2, 0) is 10.1 Å². The van der Waals surface area contributed by atoms with Gasteiger partial charge in [0, 0.05) is 0 Å². The molecule has 0 amide bonds. The maximum atomic E-state index is 10.8. The Kier molecular flexibility index (Phi) is 5.05. The first-order valence-corrected chi connectivity index (χ1v) is 5.10. The summed E-state index contributed by atoms with van der Waals surface area (Å²) in [6.07, 6.45) is 1.61. The van der Waals surface area contributed by atoms with Crippen LogP contribution in [0.25, 0.3) is 6.08 Å². The van der Waals surface area contributed by atoms with Gasteiger partial charge < -0.3 is 0 Å². The number of benzene rings is 1. The molecule has 0 aliphatic heterocycles. The van der Waals surface area contributed by atoms with Crippen LogP contribution in [0.4, 0.5) is 0 Å². The molecular formula is C9H11NaO3S. The van der Waals surface area contributed by atoms with E-state index in [1.54, 1.807) is 25.1 Å². The molecule has 0 heterocycles. The van der Waals surface area contributed by atoms with E-state index in [-0.39, 0.29) is 34.5 Å². The second-order valence-electron chi connectivity index (χ2n) is 2.70. The molecule has 0 saturated carbocycles. The Hall–Kier alpha value is -0.130. The Balaban J connectivity index is 0.00000169. The molecule has 1 aromatic rings. The van der Waals surface area contributed by atoms with E-state index in [1.807, 2.05) is 0 Å². The SMILES string of the molecule is C=Cc1ccc(S(=O)(=O)O)c(C)c1.[NaH]. The van der Waals surface area contributed by atoms with Crippen molar-refractivity contribution in [1.29, 1.82) is 0 Å². The quantitative estimate of drug-likeness (QED) is 0.605. The minimum atomic E-state index is -4.09. The summed E-state index contributed by atoms with van der Waals surface area (Å²) in [7, 11) is -4.09. The molecule has 14 heavy (non-hydrogen) atoms. The molecule has 5 heteroatoms. The van der Waals surface area contributed by atoms with Gasteiger partial charge in [-0.25, -0.2) is 0 Å². The zero-order valence-corrected chi connectivity index (χ0v) is 8.00. The first-order chi connectivity index (χ1) is 5.95. The van der Waals surface area contributed by atoms with E-state index in [0.717, 1.165) is 5.56 Å². The molecule has 0 radical (unpaired) electrons. The third kappa shape index (κ3) is 3.22. The second kappa shape index (κ2) is 5.09. The Labute approximate surface area is 106 Å². The van der Waals surface area contributed by atoms with E-state index in [2.05, 4.69) is 6.58 Å². The van der Waals surface area contributed by atoms with Gasteiger partial charge in [0.15, 0.2) is 0 Å². The van der Waals surface area contributed by atoms with Crippen molar-refractivity contribution in [2.24, 2.45) is 0 Å². The van der Waals surface area contributed by atoms with E-state index >= 15 is 0 Å². The van der Waals surface area contributed by atoms with Gasteiger partial charge in [-0.2, -0.15) is 8.42 Å². The van der Waals surface area contributed by atoms with Crippen molar-refractivity contribution < 1.29 is 13.0 Å². The van der Waals surface area contributed by atoms with Crippen molar-refractivity contribution >= 4 is 45.8 Å². The van der Waals surface area contributed by atoms with Crippen LogP contribution in [0, 0.1) is 6.92 Å². The van der Waals surface area contributed by atoms with E-state index < -0.39 is 10.1 Å². The molecule has 0 aliphatic carbocycles. The summed E-state index contributed by atoms with van der Waals surface area (Å²) in [6.45, 7) is 5.17. The molecule has 0 spiro atoms. The van der Waals surface area contributed by atoms with Gasteiger partial charge >= 0.3 is 29.6 Å². The maximum absolute atomic E-state index is 10.8. The fourth-order valence-electron chi connectivity index (χ4n) is 1.09. The van der Waals surface area contributed by atoms with E-state index in [1.165, 1.54) is 6.07 Å². The summed E-state index contributed by atoms with van der Waals surface area (Å²) >= 11 is 0. The molecule has 1 rings (SSSR count). The van der Waals surface area contributed by atoms with Crippen molar-refractivity contribution in [2.45, 2.75) is 11.8 Å². The fourth-order valence-corrected chi connectivity index (χ4v) is 1.79. The average Bonchev–Trinajstić information content (AvgIpc) is 2.01. The van der Waals surface area contributed by atoms with E-state index in [0.29, 0.717) is 5.56 Å². The van der Waals surface area contributed by atoms with Crippen LogP contribution in [0.3, 0.4) is 0 Å². The predicted molar refractivity (Wildman–Crippen MR) is 58.2 cm³/mol. The summed E-state index contributed by atoms with van der Waals surface area (Å²) in [5.74, 6) is 0. The van der Waals surface area contributed by atoms with Crippen LogP contribution in [0.15, 0.2) is 29.7 Å². The number of rotatable bonds is 2. The van der Waals surface area contributed by atoms with Crippen LogP contribution >= 0.6 is 0 Å². The van der Waals surface area contributed by atoms with Crippen molar-refractivity contribution in [1.82, 2.24) is 0 Å². The predicted octanol–water partition coefficient (Wildman–Crippen LogP) is 1.24. The van der Waals surface area contributed by atoms with E-state index in [9.17, 15) is 8.42 Å². The van der Waals surface area contributed by atoms with Gasteiger partial charge in [0.25, 0.3) is 10.1 Å². The van der Waals surface area contributed by atoms with Gasteiger partial charge in [-0.3, -0.25) is 4.55 Å². The van der Waals surface area contributed by atoms with Crippen molar-refractivity contribution in [3.05, 3.63) is 35.9 Å². The van der Waals surface area contributed by atoms with Gasteiger partial charge in [-0.05, 0) is 24.1 Å². The molecule has 0 fully saturated rings. The third-order valence-electron chi connectivity index (χ3n) is 1.71. The molecule has 0 saturated heterocycles. The molecule has 3 nitrogen and oxygen atoms in total. The molecule has 0 aliphatic rings. The van der Waals surface area contributed by atoms with Crippen LogP contribution in [0.5, 0.6) is 0 Å². The Morgan fingerprint density at radius 3 is 2.36 bits per heavy atom. The summed E-state index contributed by atoms with van der Waals surface area (Å²) in [6, 6.07) is 4.60. The number of aryl methyl sites for hydroxylation is 1. The van der Waals surface area contributed by atoms with Crippen molar-refractivity contribution in [3.63, 3.8) is 0 Å². The molecule has 0 atom stereocenters. The van der Waals surface area contributed by atoms with Crippen LogP contribution in [0.1, 0.15) is 11.1 Å². The van der Waals surface area contributed by atoms with Gasteiger partial charge in [-0.1, -0.05) is 24.8 Å². The topological polar surface area (TPSA) is 54.4 Å². The van der Waals surface area contributed by atoms with Gasteiger partial charge in [0.05, 0.1) is 4.90 Å². The minimum absolute atomic E-state index is 0. The van der Waals surface area contributed by atoms with Gasteiger partial charge in [-0.15, -0.1) is 0 Å². The summed E-state index contributed by atoms with van der Waals surface area (Å²) in [4.78, 5) is -0.0573. The molecular weight excluding hydrogens is 211 g/mol. The first-order valence-electron chi connectivity index (χ1n) is 3.65. The zero-order valence-electron chi connectivity index (χ0n) is 7.19. The third-order valence-corrected chi connectivity index (χ3v) is 2.73. The summed E-state index contributed by atoms with van der Waals surface area (Å²) in [5.41, 5.74) is 1.34. The number of hydrogen-bond donors (Lipinski definition) is 1. The average molecular weight is 222 g/mol. The van der Waals surface area contributed by atoms with E-state index in [4.69, 9.17) is 4.55 Å². The zero-order chi connectivity index (χ0) is 10.1. The Morgan fingerprint density at radius 1 is 1.43 bits per heavy atom. The normalized spacial score (nSPS) is 10.4. The fraction of sp³-hybridized carbons (Fsp3) is 0.111. The van der Waals surface area contributed by atoms with Crippen molar-refractivity contribution in [3.8, 4) is 0 Å².